The van der Waals surface area contributed by atoms with Crippen LogP contribution in [0.5, 0.6) is 0 Å². The molecular formula is C11H15N3O3S3. The standard InChI is InChI=1S/C11H15N3O3S3/c15-6-2-7-18-8-5-12-20(16,17)10-4-1-3-9-11(10)14-19-13-9/h1,3-4,12,15H,2,5-8H2. The van der Waals surface area contributed by atoms with E-state index in [0.29, 0.717) is 23.7 Å². The van der Waals surface area contributed by atoms with E-state index in [1.54, 1.807) is 23.9 Å². The molecule has 1 aliphatic heterocycles. The summed E-state index contributed by atoms with van der Waals surface area (Å²) in [5, 5.41) is 8.64. The van der Waals surface area contributed by atoms with Crippen molar-refractivity contribution in [3.05, 3.63) is 18.2 Å². The zero-order chi connectivity index (χ0) is 14.4. The molecule has 0 fully saturated rings. The first kappa shape index (κ1) is 15.6. The van der Waals surface area contributed by atoms with Crippen LogP contribution in [0.25, 0.3) is 0 Å². The zero-order valence-electron chi connectivity index (χ0n) is 10.7. The van der Waals surface area contributed by atoms with Crippen molar-refractivity contribution in [2.24, 2.45) is 8.73 Å². The summed E-state index contributed by atoms with van der Waals surface area (Å²) in [7, 11) is -3.56. The molecular weight excluding hydrogens is 318 g/mol. The molecule has 2 rings (SSSR count). The van der Waals surface area contributed by atoms with E-state index in [2.05, 4.69) is 13.4 Å². The first-order chi connectivity index (χ1) is 9.65. The largest absolute Gasteiger partial charge is 0.396 e. The van der Waals surface area contributed by atoms with Crippen molar-refractivity contribution in [1.29, 1.82) is 0 Å². The van der Waals surface area contributed by atoms with Crippen LogP contribution in [-0.2, 0) is 21.4 Å². The Labute approximate surface area is 125 Å². The van der Waals surface area contributed by atoms with Gasteiger partial charge in [-0.05, 0) is 24.3 Å². The van der Waals surface area contributed by atoms with Crippen molar-refractivity contribution in [3.63, 3.8) is 0 Å². The average molecular weight is 333 g/mol. The number of benzene rings is 1. The van der Waals surface area contributed by atoms with Crippen LogP contribution >= 0.6 is 11.8 Å². The number of hydrogen-bond acceptors (Lipinski definition) is 6. The Morgan fingerprint density at radius 1 is 1.30 bits per heavy atom. The van der Waals surface area contributed by atoms with E-state index in [-0.39, 0.29) is 11.5 Å². The minimum absolute atomic E-state index is 0.164. The highest BCUT2D eigenvalue weighted by molar-refractivity contribution is 7.99. The number of rotatable bonds is 8. The molecule has 20 heavy (non-hydrogen) atoms. The summed E-state index contributed by atoms with van der Waals surface area (Å²) in [6.07, 6.45) is 0.723. The number of sulfonamides is 1. The lowest BCUT2D eigenvalue weighted by Gasteiger charge is -2.08. The predicted molar refractivity (Wildman–Crippen MR) is 82.2 cm³/mol. The van der Waals surface area contributed by atoms with Gasteiger partial charge in [-0.15, -0.1) is 0 Å². The number of fused-ring (bicyclic) bond motifs is 1. The van der Waals surface area contributed by atoms with Crippen molar-refractivity contribution < 1.29 is 13.5 Å². The van der Waals surface area contributed by atoms with Gasteiger partial charge in [0.1, 0.15) is 16.3 Å². The predicted octanol–water partition coefficient (Wildman–Crippen LogP) is 1.81. The van der Waals surface area contributed by atoms with Crippen LogP contribution in [0.3, 0.4) is 0 Å². The molecule has 110 valence electrons. The zero-order valence-corrected chi connectivity index (χ0v) is 13.1. The van der Waals surface area contributed by atoms with Crippen LogP contribution < -0.4 is 4.72 Å². The molecule has 0 spiro atoms. The quantitative estimate of drug-likeness (QED) is 0.721. The third-order valence-corrected chi connectivity index (χ3v) is 5.63. The van der Waals surface area contributed by atoms with Crippen molar-refractivity contribution in [3.8, 4) is 0 Å². The van der Waals surface area contributed by atoms with Gasteiger partial charge < -0.3 is 5.11 Å². The monoisotopic (exact) mass is 333 g/mol. The number of nitrogens with one attached hydrogen (secondary N) is 1. The molecule has 0 bridgehead atoms. The number of thioether (sulfide) groups is 1. The SMILES string of the molecule is O=S(=O)(NCCSCCCO)c1cccc2c1N=S=N2. The molecule has 0 saturated carbocycles. The second-order valence-electron chi connectivity index (χ2n) is 3.98. The third-order valence-electron chi connectivity index (χ3n) is 2.52. The molecule has 0 amide bonds. The minimum Gasteiger partial charge on any atom is -0.396 e. The van der Waals surface area contributed by atoms with Crippen LogP contribution in [0.2, 0.25) is 0 Å². The highest BCUT2D eigenvalue weighted by Gasteiger charge is 2.21. The Bertz CT molecular complexity index is 640. The van der Waals surface area contributed by atoms with Gasteiger partial charge in [0.15, 0.2) is 0 Å². The van der Waals surface area contributed by atoms with Crippen LogP contribution in [0.15, 0.2) is 31.8 Å². The normalized spacial score (nSPS) is 13.2. The van der Waals surface area contributed by atoms with Gasteiger partial charge in [0.2, 0.25) is 10.0 Å². The topological polar surface area (TPSA) is 91.1 Å². The van der Waals surface area contributed by atoms with Crippen molar-refractivity contribution in [1.82, 2.24) is 4.72 Å². The van der Waals surface area contributed by atoms with E-state index in [1.165, 1.54) is 6.07 Å². The van der Waals surface area contributed by atoms with E-state index in [1.807, 2.05) is 0 Å². The van der Waals surface area contributed by atoms with Crippen molar-refractivity contribution >= 4 is 44.5 Å². The van der Waals surface area contributed by atoms with E-state index in [0.717, 1.165) is 23.5 Å². The highest BCUT2D eigenvalue weighted by Crippen LogP contribution is 2.37. The van der Waals surface area contributed by atoms with Gasteiger partial charge in [0.05, 0.1) is 11.4 Å². The van der Waals surface area contributed by atoms with Crippen molar-refractivity contribution in [2.45, 2.75) is 11.3 Å². The lowest BCUT2D eigenvalue weighted by atomic mass is 10.3. The second kappa shape index (κ2) is 7.32. The minimum atomic E-state index is -3.56. The molecule has 9 heteroatoms. The van der Waals surface area contributed by atoms with Gasteiger partial charge in [-0.25, -0.2) is 13.1 Å². The second-order valence-corrected chi connectivity index (χ2v) is 7.46. The van der Waals surface area contributed by atoms with Gasteiger partial charge in [0.25, 0.3) is 0 Å². The van der Waals surface area contributed by atoms with Crippen LogP contribution in [0.1, 0.15) is 6.42 Å². The first-order valence-electron chi connectivity index (χ1n) is 6.05. The first-order valence-corrected chi connectivity index (χ1v) is 9.41. The van der Waals surface area contributed by atoms with Gasteiger partial charge >= 0.3 is 0 Å². The molecule has 0 aromatic heterocycles. The fourth-order valence-electron chi connectivity index (χ4n) is 1.59. The highest BCUT2D eigenvalue weighted by atomic mass is 32.2. The number of hydrogen-bond donors (Lipinski definition) is 2. The van der Waals surface area contributed by atoms with Gasteiger partial charge in [0, 0.05) is 18.9 Å². The maximum absolute atomic E-state index is 12.2. The van der Waals surface area contributed by atoms with Crippen LogP contribution in [0, 0.1) is 0 Å². The maximum atomic E-state index is 12.2. The Balaban J connectivity index is 1.95. The molecule has 1 aromatic carbocycles. The molecule has 0 saturated heterocycles. The van der Waals surface area contributed by atoms with Gasteiger partial charge in [-0.1, -0.05) is 6.07 Å². The van der Waals surface area contributed by atoms with Crippen molar-refractivity contribution in [2.75, 3.05) is 24.7 Å². The van der Waals surface area contributed by atoms with E-state index in [4.69, 9.17) is 5.11 Å². The summed E-state index contributed by atoms with van der Waals surface area (Å²) in [4.78, 5) is 0.170. The number of aliphatic hydroxyl groups excluding tert-OH is 1. The number of aliphatic hydroxyl groups is 1. The lowest BCUT2D eigenvalue weighted by Crippen LogP contribution is -2.26. The molecule has 6 nitrogen and oxygen atoms in total. The van der Waals surface area contributed by atoms with Crippen LogP contribution in [0.4, 0.5) is 11.4 Å². The summed E-state index contributed by atoms with van der Waals surface area (Å²) < 4.78 is 35.0. The summed E-state index contributed by atoms with van der Waals surface area (Å²) in [6.45, 7) is 0.518. The molecule has 0 unspecified atom stereocenters. The Hall–Kier alpha value is -0.740. The lowest BCUT2D eigenvalue weighted by molar-refractivity contribution is 0.296. The molecule has 2 N–H and O–H groups in total. The Kier molecular flexibility index (Phi) is 5.73. The molecule has 0 aliphatic carbocycles. The summed E-state index contributed by atoms with van der Waals surface area (Å²) >= 11 is 2.61. The van der Waals surface area contributed by atoms with E-state index in [9.17, 15) is 8.42 Å². The Morgan fingerprint density at radius 2 is 2.15 bits per heavy atom. The maximum Gasteiger partial charge on any atom is 0.242 e. The molecule has 0 radical (unpaired) electrons. The summed E-state index contributed by atoms with van der Waals surface area (Å²) in [5.74, 6) is 1.49. The van der Waals surface area contributed by atoms with Gasteiger partial charge in [-0.3, -0.25) is 0 Å². The Morgan fingerprint density at radius 3 is 2.95 bits per heavy atom. The van der Waals surface area contributed by atoms with E-state index < -0.39 is 10.0 Å². The van der Waals surface area contributed by atoms with E-state index >= 15 is 0 Å². The molecule has 0 atom stereocenters. The fraction of sp³-hybridized carbons (Fsp3) is 0.455. The fourth-order valence-corrected chi connectivity index (χ4v) is 4.30. The summed E-state index contributed by atoms with van der Waals surface area (Å²) in [6, 6.07) is 4.93. The summed E-state index contributed by atoms with van der Waals surface area (Å²) in [5.41, 5.74) is 1.01. The number of nitrogens with zero attached hydrogens (tertiary/aromatic N) is 2. The smallest absolute Gasteiger partial charge is 0.242 e. The van der Waals surface area contributed by atoms with Crippen LogP contribution in [-0.4, -0.2) is 38.2 Å². The van der Waals surface area contributed by atoms with Gasteiger partial charge in [-0.2, -0.15) is 20.5 Å². The molecule has 1 aromatic rings. The molecule has 1 aliphatic rings. The molecule has 1 heterocycles. The average Bonchev–Trinajstić information content (AvgIpc) is 2.90. The third kappa shape index (κ3) is 3.89.